The van der Waals surface area contributed by atoms with E-state index >= 15 is 0 Å². The maximum absolute atomic E-state index is 11.4. The van der Waals surface area contributed by atoms with Crippen molar-refractivity contribution in [3.63, 3.8) is 0 Å². The Morgan fingerprint density at radius 1 is 1.30 bits per heavy atom. The van der Waals surface area contributed by atoms with Crippen LogP contribution in [0.1, 0.15) is 10.4 Å². The van der Waals surface area contributed by atoms with Gasteiger partial charge in [-0.2, -0.15) is 5.10 Å². The first-order valence-electron chi connectivity index (χ1n) is 5.77. The van der Waals surface area contributed by atoms with Gasteiger partial charge in [0, 0.05) is 16.2 Å². The van der Waals surface area contributed by atoms with Crippen LogP contribution in [0, 0.1) is 0 Å². The molecule has 0 amide bonds. The number of para-hydroxylation sites is 1. The summed E-state index contributed by atoms with van der Waals surface area (Å²) in [5.74, 6) is -1.03. The van der Waals surface area contributed by atoms with Crippen LogP contribution in [0.3, 0.4) is 0 Å². The van der Waals surface area contributed by atoms with Gasteiger partial charge in [0.25, 0.3) is 0 Å². The van der Waals surface area contributed by atoms with Crippen LogP contribution in [0.2, 0.25) is 0 Å². The fourth-order valence-electron chi connectivity index (χ4n) is 1.90. The van der Waals surface area contributed by atoms with Gasteiger partial charge in [-0.25, -0.2) is 9.48 Å². The molecule has 0 saturated heterocycles. The van der Waals surface area contributed by atoms with Crippen LogP contribution in [0.25, 0.3) is 16.9 Å². The standard InChI is InChI=1S/C14H9BrN2O3/c15-11-3-1-2-4-12(11)17-7-10(14(18)19)13(16-17)9-5-6-20-8-9/h1-8H,(H,18,19). The summed E-state index contributed by atoms with van der Waals surface area (Å²) in [5.41, 5.74) is 1.90. The van der Waals surface area contributed by atoms with E-state index in [0.29, 0.717) is 11.3 Å². The molecule has 0 atom stereocenters. The number of hydrogen-bond acceptors (Lipinski definition) is 3. The molecule has 1 N–H and O–H groups in total. The summed E-state index contributed by atoms with van der Waals surface area (Å²) in [6.07, 6.45) is 4.45. The monoisotopic (exact) mass is 332 g/mol. The smallest absolute Gasteiger partial charge is 0.339 e. The van der Waals surface area contributed by atoms with Crippen molar-refractivity contribution in [2.75, 3.05) is 0 Å². The molecule has 6 heteroatoms. The van der Waals surface area contributed by atoms with E-state index in [9.17, 15) is 9.90 Å². The molecule has 3 aromatic rings. The number of aromatic carboxylic acids is 1. The zero-order chi connectivity index (χ0) is 14.1. The molecule has 0 bridgehead atoms. The van der Waals surface area contributed by atoms with Gasteiger partial charge in [-0.3, -0.25) is 0 Å². The number of carboxylic acid groups (broad SMARTS) is 1. The summed E-state index contributed by atoms with van der Waals surface area (Å²) < 4.78 is 7.36. The van der Waals surface area contributed by atoms with Crippen molar-refractivity contribution in [3.05, 3.63) is 59.1 Å². The van der Waals surface area contributed by atoms with E-state index in [1.54, 1.807) is 6.07 Å². The molecule has 0 fully saturated rings. The number of halogens is 1. The summed E-state index contributed by atoms with van der Waals surface area (Å²) >= 11 is 3.43. The van der Waals surface area contributed by atoms with Gasteiger partial charge in [-0.15, -0.1) is 0 Å². The lowest BCUT2D eigenvalue weighted by molar-refractivity contribution is 0.0697. The highest BCUT2D eigenvalue weighted by Gasteiger charge is 2.19. The van der Waals surface area contributed by atoms with Crippen LogP contribution in [0.4, 0.5) is 0 Å². The minimum Gasteiger partial charge on any atom is -0.478 e. The molecule has 1 aromatic carbocycles. The van der Waals surface area contributed by atoms with Gasteiger partial charge in [-0.05, 0) is 34.1 Å². The van der Waals surface area contributed by atoms with Crippen molar-refractivity contribution >= 4 is 21.9 Å². The summed E-state index contributed by atoms with van der Waals surface area (Å²) in [6, 6.07) is 9.14. The molecule has 100 valence electrons. The lowest BCUT2D eigenvalue weighted by Gasteiger charge is -2.02. The number of carboxylic acids is 1. The van der Waals surface area contributed by atoms with Crippen molar-refractivity contribution in [2.24, 2.45) is 0 Å². The average molecular weight is 333 g/mol. The van der Waals surface area contributed by atoms with Gasteiger partial charge in [-0.1, -0.05) is 12.1 Å². The zero-order valence-corrected chi connectivity index (χ0v) is 11.7. The molecule has 2 heterocycles. The van der Waals surface area contributed by atoms with Crippen molar-refractivity contribution in [2.45, 2.75) is 0 Å². The number of aromatic nitrogens is 2. The van der Waals surface area contributed by atoms with Crippen molar-refractivity contribution < 1.29 is 14.3 Å². The van der Waals surface area contributed by atoms with E-state index in [1.165, 1.54) is 23.4 Å². The molecule has 5 nitrogen and oxygen atoms in total. The molecule has 0 aliphatic heterocycles. The number of rotatable bonds is 3. The summed E-state index contributed by atoms with van der Waals surface area (Å²) in [6.45, 7) is 0. The van der Waals surface area contributed by atoms with E-state index in [2.05, 4.69) is 21.0 Å². The summed E-state index contributed by atoms with van der Waals surface area (Å²) in [4.78, 5) is 11.4. The fourth-order valence-corrected chi connectivity index (χ4v) is 2.37. The molecule has 0 saturated carbocycles. The number of carbonyl (C=O) groups is 1. The molecule has 3 rings (SSSR count). The third-order valence-corrected chi connectivity index (χ3v) is 3.51. The number of furan rings is 1. The van der Waals surface area contributed by atoms with E-state index in [4.69, 9.17) is 4.42 Å². The number of hydrogen-bond donors (Lipinski definition) is 1. The maximum Gasteiger partial charge on any atom is 0.339 e. The van der Waals surface area contributed by atoms with Crippen LogP contribution in [-0.4, -0.2) is 20.9 Å². The molecule has 0 unspecified atom stereocenters. The molecule has 0 spiro atoms. The second-order valence-corrected chi connectivity index (χ2v) is 4.96. The minimum absolute atomic E-state index is 0.127. The molecular formula is C14H9BrN2O3. The first-order valence-corrected chi connectivity index (χ1v) is 6.56. The molecular weight excluding hydrogens is 324 g/mol. The van der Waals surface area contributed by atoms with Crippen LogP contribution >= 0.6 is 15.9 Å². The predicted molar refractivity (Wildman–Crippen MR) is 75.9 cm³/mol. The van der Waals surface area contributed by atoms with Gasteiger partial charge >= 0.3 is 5.97 Å². The third kappa shape index (κ3) is 2.14. The van der Waals surface area contributed by atoms with Gasteiger partial charge in [0.05, 0.1) is 18.2 Å². The second-order valence-electron chi connectivity index (χ2n) is 4.10. The third-order valence-electron chi connectivity index (χ3n) is 2.84. The fraction of sp³-hybridized carbons (Fsp3) is 0. The largest absolute Gasteiger partial charge is 0.478 e. The summed E-state index contributed by atoms with van der Waals surface area (Å²) in [5, 5.41) is 13.6. The lowest BCUT2D eigenvalue weighted by atomic mass is 10.1. The average Bonchev–Trinajstić information content (AvgIpc) is 3.08. The second kappa shape index (κ2) is 4.97. The van der Waals surface area contributed by atoms with E-state index in [1.807, 2.05) is 24.3 Å². The molecule has 0 aliphatic rings. The van der Waals surface area contributed by atoms with Crippen LogP contribution in [-0.2, 0) is 0 Å². The Morgan fingerprint density at radius 2 is 2.10 bits per heavy atom. The Hall–Kier alpha value is -2.34. The van der Waals surface area contributed by atoms with Crippen molar-refractivity contribution in [3.8, 4) is 16.9 Å². The summed E-state index contributed by atoms with van der Waals surface area (Å²) in [7, 11) is 0. The highest BCUT2D eigenvalue weighted by Crippen LogP contribution is 2.26. The van der Waals surface area contributed by atoms with Crippen molar-refractivity contribution in [1.82, 2.24) is 9.78 Å². The maximum atomic E-state index is 11.4. The topological polar surface area (TPSA) is 68.3 Å². The highest BCUT2D eigenvalue weighted by molar-refractivity contribution is 9.10. The Kier molecular flexibility index (Phi) is 3.15. The van der Waals surface area contributed by atoms with Gasteiger partial charge in [0.15, 0.2) is 0 Å². The molecule has 20 heavy (non-hydrogen) atoms. The molecule has 0 radical (unpaired) electrons. The van der Waals surface area contributed by atoms with Crippen LogP contribution in [0.5, 0.6) is 0 Å². The quantitative estimate of drug-likeness (QED) is 0.795. The van der Waals surface area contributed by atoms with E-state index in [-0.39, 0.29) is 5.56 Å². The van der Waals surface area contributed by atoms with Crippen LogP contribution in [0.15, 0.2) is 57.9 Å². The highest BCUT2D eigenvalue weighted by atomic mass is 79.9. The van der Waals surface area contributed by atoms with Gasteiger partial charge < -0.3 is 9.52 Å². The number of benzene rings is 1. The van der Waals surface area contributed by atoms with Gasteiger partial charge in [0.1, 0.15) is 11.3 Å². The van der Waals surface area contributed by atoms with Crippen molar-refractivity contribution in [1.29, 1.82) is 0 Å². The first kappa shape index (κ1) is 12.7. The molecule has 0 aliphatic carbocycles. The molecule has 2 aromatic heterocycles. The van der Waals surface area contributed by atoms with E-state index < -0.39 is 5.97 Å². The Balaban J connectivity index is 2.18. The Labute approximate surface area is 122 Å². The van der Waals surface area contributed by atoms with Gasteiger partial charge in [0.2, 0.25) is 0 Å². The predicted octanol–water partition coefficient (Wildman–Crippen LogP) is 3.59. The van der Waals surface area contributed by atoms with E-state index in [0.717, 1.165) is 10.2 Å². The Bertz CT molecular complexity index is 763. The first-order chi connectivity index (χ1) is 9.66. The Morgan fingerprint density at radius 3 is 2.75 bits per heavy atom. The normalized spacial score (nSPS) is 10.7. The SMILES string of the molecule is O=C(O)c1cn(-c2ccccc2Br)nc1-c1ccoc1. The lowest BCUT2D eigenvalue weighted by Crippen LogP contribution is -1.96. The number of nitrogens with zero attached hydrogens (tertiary/aromatic N) is 2. The zero-order valence-electron chi connectivity index (χ0n) is 10.2. The van der Waals surface area contributed by atoms with Crippen LogP contribution < -0.4 is 0 Å². The minimum atomic E-state index is -1.03.